The van der Waals surface area contributed by atoms with Crippen molar-refractivity contribution in [1.82, 2.24) is 14.8 Å². The van der Waals surface area contributed by atoms with Gasteiger partial charge in [-0.25, -0.2) is 4.39 Å². The molecule has 0 saturated carbocycles. The quantitative estimate of drug-likeness (QED) is 0.946. The van der Waals surface area contributed by atoms with E-state index < -0.39 is 11.9 Å². The number of hydrogen-bond donors (Lipinski definition) is 1. The van der Waals surface area contributed by atoms with Gasteiger partial charge in [-0.2, -0.15) is 5.10 Å². The van der Waals surface area contributed by atoms with E-state index >= 15 is 0 Å². The molecule has 1 unspecified atom stereocenters. The molecule has 4 nitrogen and oxygen atoms in total. The van der Waals surface area contributed by atoms with Crippen molar-refractivity contribution in [1.29, 1.82) is 0 Å². The van der Waals surface area contributed by atoms with Crippen LogP contribution in [0.1, 0.15) is 24.3 Å². The van der Waals surface area contributed by atoms with Gasteiger partial charge >= 0.3 is 0 Å². The third-order valence-electron chi connectivity index (χ3n) is 2.49. The van der Waals surface area contributed by atoms with Crippen molar-refractivity contribution >= 4 is 15.9 Å². The summed E-state index contributed by atoms with van der Waals surface area (Å²) in [5.74, 6) is -0.532. The summed E-state index contributed by atoms with van der Waals surface area (Å²) in [6.45, 7) is 2.50. The Kier molecular flexibility index (Phi) is 3.54. The maximum Gasteiger partial charge on any atom is 0.147 e. The van der Waals surface area contributed by atoms with Gasteiger partial charge in [-0.15, -0.1) is 0 Å². The molecular formula is C11H11BrFN3O. The number of aromatic nitrogens is 3. The summed E-state index contributed by atoms with van der Waals surface area (Å²) in [4.78, 5) is 3.65. The molecule has 2 aromatic heterocycles. The third-order valence-corrected chi connectivity index (χ3v) is 3.10. The van der Waals surface area contributed by atoms with E-state index in [1.165, 1.54) is 12.3 Å². The fourth-order valence-electron chi connectivity index (χ4n) is 1.65. The maximum atomic E-state index is 13.5. The normalized spacial score (nSPS) is 12.7. The zero-order valence-electron chi connectivity index (χ0n) is 9.14. The van der Waals surface area contributed by atoms with E-state index in [1.54, 1.807) is 10.9 Å². The lowest BCUT2D eigenvalue weighted by Gasteiger charge is -2.14. The first-order valence-corrected chi connectivity index (χ1v) is 5.93. The predicted molar refractivity (Wildman–Crippen MR) is 63.9 cm³/mol. The smallest absolute Gasteiger partial charge is 0.147 e. The first kappa shape index (κ1) is 12.2. The number of aryl methyl sites for hydroxylation is 1. The molecule has 2 rings (SSSR count). The van der Waals surface area contributed by atoms with Crippen LogP contribution >= 0.6 is 15.9 Å². The zero-order valence-corrected chi connectivity index (χ0v) is 10.7. The van der Waals surface area contributed by atoms with Crippen LogP contribution in [-0.4, -0.2) is 19.9 Å². The summed E-state index contributed by atoms with van der Waals surface area (Å²) in [5, 5.41) is 14.3. The molecular weight excluding hydrogens is 289 g/mol. The van der Waals surface area contributed by atoms with Crippen molar-refractivity contribution in [3.8, 4) is 0 Å². The molecule has 1 N–H and O–H groups in total. The van der Waals surface area contributed by atoms with Gasteiger partial charge in [-0.1, -0.05) is 0 Å². The molecule has 2 aromatic rings. The number of pyridine rings is 1. The maximum absolute atomic E-state index is 13.5. The number of aliphatic hydroxyl groups excluding tert-OH is 1. The molecule has 90 valence electrons. The number of nitrogens with zero attached hydrogens (tertiary/aromatic N) is 3. The van der Waals surface area contributed by atoms with E-state index in [0.29, 0.717) is 16.7 Å². The fourth-order valence-corrected chi connectivity index (χ4v) is 2.16. The van der Waals surface area contributed by atoms with Crippen LogP contribution in [-0.2, 0) is 6.54 Å². The molecule has 0 aromatic carbocycles. The summed E-state index contributed by atoms with van der Waals surface area (Å²) in [6, 6.07) is 1.46. The zero-order chi connectivity index (χ0) is 12.4. The summed E-state index contributed by atoms with van der Waals surface area (Å²) in [7, 11) is 0. The van der Waals surface area contributed by atoms with Crippen LogP contribution in [0.5, 0.6) is 0 Å². The minimum atomic E-state index is -1.06. The van der Waals surface area contributed by atoms with Gasteiger partial charge in [0.1, 0.15) is 11.9 Å². The lowest BCUT2D eigenvalue weighted by molar-refractivity contribution is 0.202. The Morgan fingerprint density at radius 1 is 1.53 bits per heavy atom. The number of hydrogen-bond acceptors (Lipinski definition) is 3. The van der Waals surface area contributed by atoms with E-state index in [0.717, 1.165) is 6.20 Å². The van der Waals surface area contributed by atoms with Crippen molar-refractivity contribution < 1.29 is 9.50 Å². The van der Waals surface area contributed by atoms with Crippen molar-refractivity contribution in [2.45, 2.75) is 19.6 Å². The van der Waals surface area contributed by atoms with Gasteiger partial charge in [-0.3, -0.25) is 9.67 Å². The molecule has 0 aliphatic carbocycles. The molecule has 1 atom stereocenters. The number of aliphatic hydroxyl groups is 1. The fraction of sp³-hybridized carbons (Fsp3) is 0.273. The topological polar surface area (TPSA) is 50.9 Å². The Bertz CT molecular complexity index is 529. The Labute approximate surface area is 106 Å². The number of rotatable bonds is 3. The highest BCUT2D eigenvalue weighted by Crippen LogP contribution is 2.29. The van der Waals surface area contributed by atoms with Crippen molar-refractivity contribution in [3.63, 3.8) is 0 Å². The second-order valence-electron chi connectivity index (χ2n) is 3.49. The molecule has 0 bridgehead atoms. The second kappa shape index (κ2) is 4.93. The van der Waals surface area contributed by atoms with Crippen LogP contribution in [0.2, 0.25) is 0 Å². The van der Waals surface area contributed by atoms with E-state index in [2.05, 4.69) is 26.0 Å². The molecule has 0 aliphatic rings. The summed E-state index contributed by atoms with van der Waals surface area (Å²) in [5.41, 5.74) is 0.730. The Morgan fingerprint density at radius 2 is 2.29 bits per heavy atom. The highest BCUT2D eigenvalue weighted by atomic mass is 79.9. The highest BCUT2D eigenvalue weighted by molar-refractivity contribution is 9.10. The lowest BCUT2D eigenvalue weighted by Crippen LogP contribution is -2.11. The Balaban J connectivity index is 2.47. The van der Waals surface area contributed by atoms with Gasteiger partial charge in [0.25, 0.3) is 0 Å². The molecule has 2 heterocycles. The molecule has 0 saturated heterocycles. The molecule has 0 aliphatic heterocycles. The van der Waals surface area contributed by atoms with Gasteiger partial charge in [0.05, 0.1) is 22.6 Å². The van der Waals surface area contributed by atoms with Crippen LogP contribution in [0, 0.1) is 5.82 Å². The van der Waals surface area contributed by atoms with Crippen LogP contribution in [0.15, 0.2) is 29.1 Å². The first-order chi connectivity index (χ1) is 8.15. The van der Waals surface area contributed by atoms with Crippen molar-refractivity contribution in [3.05, 3.63) is 46.2 Å². The van der Waals surface area contributed by atoms with Gasteiger partial charge in [0.2, 0.25) is 0 Å². The van der Waals surface area contributed by atoms with Crippen LogP contribution < -0.4 is 0 Å². The summed E-state index contributed by atoms with van der Waals surface area (Å²) >= 11 is 3.30. The SMILES string of the molecule is CCn1ncc(Br)c1C(O)c1ccncc1F. The van der Waals surface area contributed by atoms with E-state index in [-0.39, 0.29) is 5.56 Å². The van der Waals surface area contributed by atoms with E-state index in [4.69, 9.17) is 0 Å². The van der Waals surface area contributed by atoms with Gasteiger partial charge in [0.15, 0.2) is 0 Å². The average Bonchev–Trinajstić information content (AvgIpc) is 2.70. The summed E-state index contributed by atoms with van der Waals surface area (Å²) < 4.78 is 15.8. The largest absolute Gasteiger partial charge is 0.382 e. The standard InChI is InChI=1S/C11H11BrFN3O/c1-2-16-10(8(12)5-15-16)11(17)7-3-4-14-6-9(7)13/h3-6,11,17H,2H2,1H3. The van der Waals surface area contributed by atoms with Crippen molar-refractivity contribution in [2.24, 2.45) is 0 Å². The number of halogens is 2. The Morgan fingerprint density at radius 3 is 2.94 bits per heavy atom. The monoisotopic (exact) mass is 299 g/mol. The lowest BCUT2D eigenvalue weighted by atomic mass is 10.1. The van der Waals surface area contributed by atoms with Crippen LogP contribution in [0.4, 0.5) is 4.39 Å². The average molecular weight is 300 g/mol. The van der Waals surface area contributed by atoms with Crippen LogP contribution in [0.3, 0.4) is 0 Å². The minimum Gasteiger partial charge on any atom is -0.382 e. The first-order valence-electron chi connectivity index (χ1n) is 5.13. The molecule has 0 amide bonds. The van der Waals surface area contributed by atoms with Gasteiger partial charge < -0.3 is 5.11 Å². The highest BCUT2D eigenvalue weighted by Gasteiger charge is 2.21. The predicted octanol–water partition coefficient (Wildman–Crippen LogP) is 2.28. The van der Waals surface area contributed by atoms with Gasteiger partial charge in [0, 0.05) is 18.3 Å². The third kappa shape index (κ3) is 2.23. The van der Waals surface area contributed by atoms with Crippen LogP contribution in [0.25, 0.3) is 0 Å². The molecule has 0 fully saturated rings. The van der Waals surface area contributed by atoms with E-state index in [1.807, 2.05) is 6.92 Å². The Hall–Kier alpha value is -1.27. The minimum absolute atomic E-state index is 0.191. The molecule has 0 spiro atoms. The molecule has 17 heavy (non-hydrogen) atoms. The molecule has 0 radical (unpaired) electrons. The van der Waals surface area contributed by atoms with E-state index in [9.17, 15) is 9.50 Å². The second-order valence-corrected chi connectivity index (χ2v) is 4.35. The summed E-state index contributed by atoms with van der Waals surface area (Å²) in [6.07, 6.45) is 3.05. The molecule has 6 heteroatoms. The van der Waals surface area contributed by atoms with Crippen molar-refractivity contribution in [2.75, 3.05) is 0 Å². The van der Waals surface area contributed by atoms with Gasteiger partial charge in [-0.05, 0) is 28.9 Å².